The fourth-order valence-electron chi connectivity index (χ4n) is 7.39. The highest BCUT2D eigenvalue weighted by atomic mass is 15.1. The van der Waals surface area contributed by atoms with E-state index in [1.807, 2.05) is 12.3 Å². The first kappa shape index (κ1) is 25.9. The lowest BCUT2D eigenvalue weighted by molar-refractivity contribution is 1.07. The third kappa shape index (κ3) is 3.85. The molecule has 10 rings (SSSR count). The van der Waals surface area contributed by atoms with E-state index < -0.39 is 0 Å². The Bertz CT molecular complexity index is 2750. The van der Waals surface area contributed by atoms with E-state index >= 15 is 0 Å². The number of hydrogen-bond donors (Lipinski definition) is 0. The summed E-state index contributed by atoms with van der Waals surface area (Å²) in [4.78, 5) is 5.16. The van der Waals surface area contributed by atoms with Crippen LogP contribution in [0.25, 0.3) is 82.8 Å². The molecule has 4 aromatic heterocycles. The second-order valence-corrected chi connectivity index (χ2v) is 12.1. The zero-order valence-electron chi connectivity index (χ0n) is 25.5. The summed E-state index contributed by atoms with van der Waals surface area (Å²) in [6, 6.07) is 56.3. The Kier molecular flexibility index (Phi) is 5.54. The van der Waals surface area contributed by atoms with Gasteiger partial charge in [0, 0.05) is 56.3 Å². The molecule has 0 saturated heterocycles. The molecule has 0 bridgehead atoms. The Morgan fingerprint density at radius 3 is 1.81 bits per heavy atom. The van der Waals surface area contributed by atoms with Crippen molar-refractivity contribution in [2.24, 2.45) is 0 Å². The number of fused-ring (bicyclic) bond motifs is 8. The summed E-state index contributed by atoms with van der Waals surface area (Å²) in [6.45, 7) is 0. The van der Waals surface area contributed by atoms with Crippen LogP contribution >= 0.6 is 0 Å². The van der Waals surface area contributed by atoms with Gasteiger partial charge in [0.2, 0.25) is 0 Å². The van der Waals surface area contributed by atoms with Gasteiger partial charge in [0.05, 0.1) is 27.6 Å². The Morgan fingerprint density at radius 1 is 0.404 bits per heavy atom. The van der Waals surface area contributed by atoms with Crippen LogP contribution in [0.2, 0.25) is 0 Å². The lowest BCUT2D eigenvalue weighted by Crippen LogP contribution is -2.00. The van der Waals surface area contributed by atoms with Crippen molar-refractivity contribution in [3.8, 4) is 28.3 Å². The molecule has 4 heterocycles. The van der Waals surface area contributed by atoms with Crippen LogP contribution in [0.5, 0.6) is 0 Å². The summed E-state index contributed by atoms with van der Waals surface area (Å²) < 4.78 is 7.08. The fourth-order valence-corrected chi connectivity index (χ4v) is 7.39. The zero-order valence-corrected chi connectivity index (χ0v) is 25.5. The molecular weight excluding hydrogens is 573 g/mol. The van der Waals surface area contributed by atoms with Crippen LogP contribution in [0, 0.1) is 0 Å². The standard InChI is InChI=1S/C43H28N4/c1-4-12-29(13-5-1)31-20-23-41(44-28-31)47-40-27-39-30(24-25-45(39)32-14-6-2-7-15-32)26-37(40)36-22-21-35-34-18-10-11-19-38(34)46(42(35)43(36)47)33-16-8-3-9-17-33/h1-28H. The normalized spacial score (nSPS) is 11.8. The molecule has 0 aliphatic heterocycles. The number of rotatable bonds is 4. The maximum atomic E-state index is 5.16. The van der Waals surface area contributed by atoms with Crippen LogP contribution in [0.4, 0.5) is 0 Å². The summed E-state index contributed by atoms with van der Waals surface area (Å²) >= 11 is 0. The molecular formula is C43H28N4. The molecule has 0 radical (unpaired) electrons. The maximum absolute atomic E-state index is 5.16. The van der Waals surface area contributed by atoms with Gasteiger partial charge in [-0.3, -0.25) is 4.57 Å². The maximum Gasteiger partial charge on any atom is 0.137 e. The second-order valence-electron chi connectivity index (χ2n) is 12.1. The predicted molar refractivity (Wildman–Crippen MR) is 195 cm³/mol. The van der Waals surface area contributed by atoms with Gasteiger partial charge in [0.1, 0.15) is 5.82 Å². The second kappa shape index (κ2) is 10.1. The number of hydrogen-bond acceptors (Lipinski definition) is 1. The number of para-hydroxylation sites is 3. The van der Waals surface area contributed by atoms with E-state index in [0.717, 1.165) is 44.9 Å². The largest absolute Gasteiger partial charge is 0.316 e. The summed E-state index contributed by atoms with van der Waals surface area (Å²) in [5.41, 5.74) is 10.3. The van der Waals surface area contributed by atoms with Crippen LogP contribution < -0.4 is 0 Å². The molecule has 0 unspecified atom stereocenters. The average molecular weight is 601 g/mol. The minimum atomic E-state index is 0.888. The highest BCUT2D eigenvalue weighted by molar-refractivity contribution is 6.24. The van der Waals surface area contributed by atoms with E-state index in [1.54, 1.807) is 0 Å². The molecule has 4 heteroatoms. The molecule has 220 valence electrons. The Hall–Kier alpha value is -6.39. The van der Waals surface area contributed by atoms with E-state index in [4.69, 9.17) is 4.98 Å². The van der Waals surface area contributed by atoms with Gasteiger partial charge in [0.15, 0.2) is 0 Å². The van der Waals surface area contributed by atoms with Crippen LogP contribution in [-0.2, 0) is 0 Å². The number of pyridine rings is 1. The topological polar surface area (TPSA) is 27.7 Å². The average Bonchev–Trinajstić information content (AvgIpc) is 3.81. The SMILES string of the molecule is c1ccc(-c2ccc(-n3c4cc5c(ccn5-c5ccccc5)cc4c4ccc5c6ccccc6n(-c6ccccc6)c5c43)nc2)cc1. The zero-order chi connectivity index (χ0) is 30.9. The summed E-state index contributed by atoms with van der Waals surface area (Å²) in [7, 11) is 0. The first-order valence-corrected chi connectivity index (χ1v) is 16.0. The van der Waals surface area contributed by atoms with Crippen LogP contribution in [0.1, 0.15) is 0 Å². The van der Waals surface area contributed by atoms with Gasteiger partial charge in [-0.15, -0.1) is 0 Å². The monoisotopic (exact) mass is 600 g/mol. The smallest absolute Gasteiger partial charge is 0.137 e. The quantitative estimate of drug-likeness (QED) is 0.197. The number of nitrogens with zero attached hydrogens (tertiary/aromatic N) is 4. The Morgan fingerprint density at radius 2 is 1.06 bits per heavy atom. The number of aromatic nitrogens is 4. The highest BCUT2D eigenvalue weighted by Crippen LogP contribution is 2.42. The molecule has 0 atom stereocenters. The lowest BCUT2D eigenvalue weighted by atomic mass is 10.1. The van der Waals surface area contributed by atoms with Crippen LogP contribution in [0.3, 0.4) is 0 Å². The van der Waals surface area contributed by atoms with Gasteiger partial charge in [-0.05, 0) is 66.2 Å². The van der Waals surface area contributed by atoms with Crippen molar-refractivity contribution in [3.05, 3.63) is 170 Å². The van der Waals surface area contributed by atoms with Gasteiger partial charge in [-0.25, -0.2) is 4.98 Å². The van der Waals surface area contributed by atoms with Crippen molar-refractivity contribution in [2.45, 2.75) is 0 Å². The first-order chi connectivity index (χ1) is 23.3. The molecule has 0 fully saturated rings. The fraction of sp³-hybridized carbons (Fsp3) is 0. The van der Waals surface area contributed by atoms with Crippen molar-refractivity contribution in [3.63, 3.8) is 0 Å². The van der Waals surface area contributed by atoms with Gasteiger partial charge in [0.25, 0.3) is 0 Å². The minimum absolute atomic E-state index is 0.888. The molecule has 0 N–H and O–H groups in total. The highest BCUT2D eigenvalue weighted by Gasteiger charge is 2.22. The van der Waals surface area contributed by atoms with Crippen molar-refractivity contribution in [1.29, 1.82) is 0 Å². The Balaban J connectivity index is 1.37. The molecule has 0 amide bonds. The molecule has 0 aliphatic carbocycles. The summed E-state index contributed by atoms with van der Waals surface area (Å²) in [6.07, 6.45) is 4.17. The van der Waals surface area contributed by atoms with Gasteiger partial charge < -0.3 is 9.13 Å². The molecule has 6 aromatic carbocycles. The van der Waals surface area contributed by atoms with E-state index in [2.05, 4.69) is 172 Å². The van der Waals surface area contributed by atoms with E-state index in [9.17, 15) is 0 Å². The van der Waals surface area contributed by atoms with Crippen LogP contribution in [-0.4, -0.2) is 18.7 Å². The van der Waals surface area contributed by atoms with Crippen LogP contribution in [0.15, 0.2) is 170 Å². The lowest BCUT2D eigenvalue weighted by Gasteiger charge is -2.12. The third-order valence-corrected chi connectivity index (χ3v) is 9.51. The molecule has 0 aliphatic rings. The van der Waals surface area contributed by atoms with E-state index in [0.29, 0.717) is 0 Å². The summed E-state index contributed by atoms with van der Waals surface area (Å²) in [5.74, 6) is 0.888. The van der Waals surface area contributed by atoms with Gasteiger partial charge in [-0.2, -0.15) is 0 Å². The minimum Gasteiger partial charge on any atom is -0.316 e. The van der Waals surface area contributed by atoms with Gasteiger partial charge >= 0.3 is 0 Å². The number of benzene rings is 6. The molecule has 47 heavy (non-hydrogen) atoms. The molecule has 4 nitrogen and oxygen atoms in total. The van der Waals surface area contributed by atoms with Crippen molar-refractivity contribution in [1.82, 2.24) is 18.7 Å². The first-order valence-electron chi connectivity index (χ1n) is 16.0. The Labute approximate surface area is 271 Å². The van der Waals surface area contributed by atoms with Crippen molar-refractivity contribution in [2.75, 3.05) is 0 Å². The van der Waals surface area contributed by atoms with Gasteiger partial charge in [-0.1, -0.05) is 97.1 Å². The third-order valence-electron chi connectivity index (χ3n) is 9.51. The van der Waals surface area contributed by atoms with Crippen molar-refractivity contribution < 1.29 is 0 Å². The molecule has 0 spiro atoms. The van der Waals surface area contributed by atoms with E-state index in [1.165, 1.54) is 38.0 Å². The molecule has 0 saturated carbocycles. The van der Waals surface area contributed by atoms with Crippen molar-refractivity contribution >= 4 is 54.5 Å². The predicted octanol–water partition coefficient (Wildman–Crippen LogP) is 10.9. The summed E-state index contributed by atoms with van der Waals surface area (Å²) in [5, 5.41) is 6.07. The van der Waals surface area contributed by atoms with E-state index in [-0.39, 0.29) is 0 Å². The molecule has 10 aromatic rings.